The van der Waals surface area contributed by atoms with E-state index in [0.29, 0.717) is 37.4 Å². The smallest absolute Gasteiger partial charge is 0.251 e. The van der Waals surface area contributed by atoms with E-state index in [4.69, 9.17) is 10.00 Å². The van der Waals surface area contributed by atoms with Gasteiger partial charge in [-0.3, -0.25) is 4.79 Å². The van der Waals surface area contributed by atoms with Crippen molar-refractivity contribution >= 4 is 11.6 Å². The predicted octanol–water partition coefficient (Wildman–Crippen LogP) is 1.72. The van der Waals surface area contributed by atoms with Crippen molar-refractivity contribution in [2.75, 3.05) is 31.1 Å². The number of likely N-dealkylation sites (tertiary alicyclic amines) is 1. The number of halogens is 1. The molecule has 0 aromatic heterocycles. The molecular weight excluding hydrogens is 323 g/mol. The number of nitrogens with zero attached hydrogens (tertiary/aromatic N) is 3. The van der Waals surface area contributed by atoms with E-state index in [1.54, 1.807) is 17.0 Å². The number of hydrogen-bond acceptors (Lipinski definition) is 5. The van der Waals surface area contributed by atoms with Gasteiger partial charge in [0.05, 0.1) is 17.9 Å². The van der Waals surface area contributed by atoms with Gasteiger partial charge in [0.25, 0.3) is 5.91 Å². The lowest BCUT2D eigenvalue weighted by Crippen LogP contribution is -2.45. The summed E-state index contributed by atoms with van der Waals surface area (Å²) in [6, 6.07) is 4.52. The Hall–Kier alpha value is -2.33. The van der Waals surface area contributed by atoms with Gasteiger partial charge < -0.3 is 19.9 Å². The molecule has 1 aromatic rings. The summed E-state index contributed by atoms with van der Waals surface area (Å²) in [6.45, 7) is 6.33. The van der Waals surface area contributed by atoms with Crippen LogP contribution in [0.4, 0.5) is 10.1 Å². The normalized spacial score (nSPS) is 26.4. The van der Waals surface area contributed by atoms with Crippen molar-refractivity contribution in [1.29, 1.82) is 5.26 Å². The zero-order chi connectivity index (χ0) is 18.0. The zero-order valence-corrected chi connectivity index (χ0v) is 14.5. The molecule has 2 aliphatic heterocycles. The van der Waals surface area contributed by atoms with Crippen LogP contribution in [0.2, 0.25) is 0 Å². The molecule has 2 heterocycles. The van der Waals surface area contributed by atoms with E-state index in [2.05, 4.69) is 11.5 Å². The second-order valence-corrected chi connectivity index (χ2v) is 6.83. The van der Waals surface area contributed by atoms with Crippen molar-refractivity contribution in [3.05, 3.63) is 29.6 Å². The molecular formula is C18H23FN4O2. The molecule has 1 N–H and O–H groups in total. The highest BCUT2D eigenvalue weighted by atomic mass is 19.1. The molecule has 1 unspecified atom stereocenters. The van der Waals surface area contributed by atoms with Gasteiger partial charge in [-0.1, -0.05) is 0 Å². The average Bonchev–Trinajstić information content (AvgIpc) is 3.01. The van der Waals surface area contributed by atoms with E-state index in [0.717, 1.165) is 6.42 Å². The molecule has 1 amide bonds. The monoisotopic (exact) mass is 346 g/mol. The molecule has 0 radical (unpaired) electrons. The summed E-state index contributed by atoms with van der Waals surface area (Å²) in [5, 5.41) is 11.7. The van der Waals surface area contributed by atoms with Crippen molar-refractivity contribution < 1.29 is 13.9 Å². The number of benzene rings is 1. The second kappa shape index (κ2) is 7.28. The van der Waals surface area contributed by atoms with Crippen LogP contribution in [0.5, 0.6) is 0 Å². The fourth-order valence-electron chi connectivity index (χ4n) is 3.52. The highest BCUT2D eigenvalue weighted by Crippen LogP contribution is 2.24. The molecule has 1 aromatic carbocycles. The molecule has 2 fully saturated rings. The van der Waals surface area contributed by atoms with Gasteiger partial charge in [0.1, 0.15) is 5.82 Å². The van der Waals surface area contributed by atoms with Crippen molar-refractivity contribution in [3.63, 3.8) is 0 Å². The molecule has 0 spiro atoms. The molecule has 0 saturated carbocycles. The summed E-state index contributed by atoms with van der Waals surface area (Å²) in [4.78, 5) is 15.9. The molecule has 2 aliphatic rings. The predicted molar refractivity (Wildman–Crippen MR) is 91.7 cm³/mol. The van der Waals surface area contributed by atoms with Crippen LogP contribution in [-0.2, 0) is 4.74 Å². The summed E-state index contributed by atoms with van der Waals surface area (Å²) in [5.74, 6) is -0.710. The number of nitriles is 1. The maximum absolute atomic E-state index is 14.6. The maximum Gasteiger partial charge on any atom is 0.251 e. The fraction of sp³-hybridized carbons (Fsp3) is 0.556. The van der Waals surface area contributed by atoms with E-state index in [-0.39, 0.29) is 24.2 Å². The zero-order valence-electron chi connectivity index (χ0n) is 14.5. The van der Waals surface area contributed by atoms with Crippen LogP contribution in [0.3, 0.4) is 0 Å². The Bertz CT molecular complexity index is 680. The topological polar surface area (TPSA) is 68.6 Å². The van der Waals surface area contributed by atoms with Gasteiger partial charge in [0.15, 0.2) is 6.19 Å². The first-order valence-electron chi connectivity index (χ1n) is 8.61. The summed E-state index contributed by atoms with van der Waals surface area (Å²) < 4.78 is 20.2. The Morgan fingerprint density at radius 2 is 2.04 bits per heavy atom. The Kier molecular flexibility index (Phi) is 5.09. The first-order chi connectivity index (χ1) is 12.0. The Morgan fingerprint density at radius 1 is 1.32 bits per heavy atom. The van der Waals surface area contributed by atoms with Crippen LogP contribution < -0.4 is 10.2 Å². The van der Waals surface area contributed by atoms with Crippen molar-refractivity contribution in [1.82, 2.24) is 10.2 Å². The lowest BCUT2D eigenvalue weighted by molar-refractivity contribution is -0.00539. The second-order valence-electron chi connectivity index (χ2n) is 6.83. The van der Waals surface area contributed by atoms with Gasteiger partial charge in [-0.05, 0) is 38.5 Å². The number of carbonyl (C=O) groups is 1. The van der Waals surface area contributed by atoms with Gasteiger partial charge in [-0.25, -0.2) is 4.39 Å². The number of carbonyl (C=O) groups excluding carboxylic acids is 1. The minimum atomic E-state index is -0.404. The SMILES string of the molecule is CC1CN(c2ccc(C(=O)N[C@@H]3CCN(C#N)C3)cc2F)C[C@@H](C)O1. The van der Waals surface area contributed by atoms with Gasteiger partial charge in [-0.15, -0.1) is 0 Å². The third-order valence-corrected chi connectivity index (χ3v) is 4.64. The third-order valence-electron chi connectivity index (χ3n) is 4.64. The molecule has 0 bridgehead atoms. The van der Waals surface area contributed by atoms with Crippen LogP contribution in [0, 0.1) is 17.3 Å². The quantitative estimate of drug-likeness (QED) is 0.844. The van der Waals surface area contributed by atoms with E-state index in [1.165, 1.54) is 6.07 Å². The van der Waals surface area contributed by atoms with Crippen LogP contribution in [0.1, 0.15) is 30.6 Å². The van der Waals surface area contributed by atoms with Gasteiger partial charge >= 0.3 is 0 Å². The largest absolute Gasteiger partial charge is 0.372 e. The number of anilines is 1. The minimum Gasteiger partial charge on any atom is -0.372 e. The summed E-state index contributed by atoms with van der Waals surface area (Å²) in [7, 11) is 0. The molecule has 3 rings (SSSR count). The first kappa shape index (κ1) is 17.5. The number of rotatable bonds is 3. The first-order valence-corrected chi connectivity index (χ1v) is 8.61. The molecule has 3 atom stereocenters. The standard InChI is InChI=1S/C18H23FN4O2/c1-12-8-23(9-13(2)25-12)17-4-3-14(7-16(17)19)18(24)21-15-5-6-22(10-15)11-20/h3-4,7,12-13,15H,5-6,8-10H2,1-2H3,(H,21,24)/t12-,13?,15-/m1/s1. The van der Waals surface area contributed by atoms with Gasteiger partial charge in [0, 0.05) is 37.8 Å². The van der Waals surface area contributed by atoms with E-state index in [1.807, 2.05) is 18.7 Å². The Balaban J connectivity index is 1.67. The average molecular weight is 346 g/mol. The van der Waals surface area contributed by atoms with E-state index in [9.17, 15) is 9.18 Å². The summed E-state index contributed by atoms with van der Waals surface area (Å²) in [6.07, 6.45) is 2.88. The van der Waals surface area contributed by atoms with Crippen molar-refractivity contribution in [3.8, 4) is 6.19 Å². The molecule has 7 heteroatoms. The number of ether oxygens (including phenoxy) is 1. The number of amides is 1. The number of morpholine rings is 1. The molecule has 6 nitrogen and oxygen atoms in total. The van der Waals surface area contributed by atoms with E-state index < -0.39 is 5.82 Å². The molecule has 0 aliphatic carbocycles. The minimum absolute atomic E-state index is 0.0385. The third kappa shape index (κ3) is 4.02. The molecule has 2 saturated heterocycles. The summed E-state index contributed by atoms with van der Waals surface area (Å²) in [5.41, 5.74) is 0.793. The van der Waals surface area contributed by atoms with Crippen LogP contribution in [0.25, 0.3) is 0 Å². The van der Waals surface area contributed by atoms with E-state index >= 15 is 0 Å². The lowest BCUT2D eigenvalue weighted by atomic mass is 10.1. The fourth-order valence-corrected chi connectivity index (χ4v) is 3.52. The highest BCUT2D eigenvalue weighted by molar-refractivity contribution is 5.94. The van der Waals surface area contributed by atoms with Crippen molar-refractivity contribution in [2.24, 2.45) is 0 Å². The Labute approximate surface area is 147 Å². The number of hydrogen-bond donors (Lipinski definition) is 1. The van der Waals surface area contributed by atoms with Crippen LogP contribution in [-0.4, -0.2) is 55.2 Å². The number of nitrogens with one attached hydrogen (secondary N) is 1. The van der Waals surface area contributed by atoms with Gasteiger partial charge in [-0.2, -0.15) is 5.26 Å². The molecule has 134 valence electrons. The Morgan fingerprint density at radius 3 is 2.64 bits per heavy atom. The van der Waals surface area contributed by atoms with Gasteiger partial charge in [0.2, 0.25) is 0 Å². The van der Waals surface area contributed by atoms with Crippen molar-refractivity contribution in [2.45, 2.75) is 38.5 Å². The maximum atomic E-state index is 14.6. The highest BCUT2D eigenvalue weighted by Gasteiger charge is 2.26. The summed E-state index contributed by atoms with van der Waals surface area (Å²) >= 11 is 0. The van der Waals surface area contributed by atoms with Crippen LogP contribution >= 0.6 is 0 Å². The lowest BCUT2D eigenvalue weighted by Gasteiger charge is -2.37. The molecule has 25 heavy (non-hydrogen) atoms. The van der Waals surface area contributed by atoms with Crippen LogP contribution in [0.15, 0.2) is 18.2 Å².